The van der Waals surface area contributed by atoms with Gasteiger partial charge >= 0.3 is 0 Å². The molecule has 2 aromatic carbocycles. The molecule has 0 saturated carbocycles. The summed E-state index contributed by atoms with van der Waals surface area (Å²) in [6, 6.07) is 13.8. The van der Waals surface area contributed by atoms with E-state index in [-0.39, 0.29) is 17.3 Å². The Morgan fingerprint density at radius 3 is 2.33 bits per heavy atom. The van der Waals surface area contributed by atoms with Gasteiger partial charge in [0.15, 0.2) is 0 Å². The second-order valence-electron chi connectivity index (χ2n) is 7.35. The van der Waals surface area contributed by atoms with Crippen molar-refractivity contribution in [2.24, 2.45) is 5.41 Å². The number of aliphatic hydroxyl groups is 1. The van der Waals surface area contributed by atoms with Crippen LogP contribution in [0.1, 0.15) is 50.5 Å². The summed E-state index contributed by atoms with van der Waals surface area (Å²) in [5.41, 5.74) is 1.90. The van der Waals surface area contributed by atoms with Crippen molar-refractivity contribution in [3.05, 3.63) is 70.5 Å². The van der Waals surface area contributed by atoms with Crippen molar-refractivity contribution in [1.82, 2.24) is 5.32 Å². The van der Waals surface area contributed by atoms with E-state index >= 15 is 0 Å². The molecule has 24 heavy (non-hydrogen) atoms. The van der Waals surface area contributed by atoms with Gasteiger partial charge < -0.3 is 10.4 Å². The molecule has 2 aromatic rings. The molecule has 2 unspecified atom stereocenters. The van der Waals surface area contributed by atoms with Crippen LogP contribution in [-0.4, -0.2) is 11.7 Å². The minimum absolute atomic E-state index is 0.0411. The van der Waals surface area contributed by atoms with E-state index in [1.165, 1.54) is 12.1 Å². The van der Waals surface area contributed by atoms with E-state index in [1.807, 2.05) is 12.1 Å². The highest BCUT2D eigenvalue weighted by molar-refractivity contribution is 6.30. The van der Waals surface area contributed by atoms with E-state index in [2.05, 4.69) is 26.1 Å². The summed E-state index contributed by atoms with van der Waals surface area (Å²) in [6.45, 7) is 6.90. The Balaban J connectivity index is 2.09. The van der Waals surface area contributed by atoms with Gasteiger partial charge in [0.1, 0.15) is 5.82 Å². The van der Waals surface area contributed by atoms with Crippen LogP contribution in [0.25, 0.3) is 0 Å². The first-order valence-corrected chi connectivity index (χ1v) is 8.55. The van der Waals surface area contributed by atoms with Gasteiger partial charge in [-0.15, -0.1) is 0 Å². The van der Waals surface area contributed by atoms with Crippen LogP contribution in [0, 0.1) is 11.2 Å². The van der Waals surface area contributed by atoms with E-state index in [0.29, 0.717) is 11.6 Å². The summed E-state index contributed by atoms with van der Waals surface area (Å²) in [5, 5.41) is 14.4. The number of benzene rings is 2. The first-order chi connectivity index (χ1) is 11.2. The molecule has 0 aromatic heterocycles. The van der Waals surface area contributed by atoms with Crippen LogP contribution in [0.4, 0.5) is 4.39 Å². The lowest BCUT2D eigenvalue weighted by atomic mass is 9.85. The molecular weight excluding hydrogens is 325 g/mol. The molecule has 2 N–H and O–H groups in total. The molecule has 2 atom stereocenters. The molecule has 2 nitrogen and oxygen atoms in total. The number of rotatable bonds is 6. The second kappa shape index (κ2) is 8.11. The van der Waals surface area contributed by atoms with Gasteiger partial charge in [0.25, 0.3) is 0 Å². The number of nitrogens with one attached hydrogen (secondary N) is 1. The van der Waals surface area contributed by atoms with Crippen LogP contribution in [0.2, 0.25) is 5.02 Å². The van der Waals surface area contributed by atoms with Crippen molar-refractivity contribution >= 4 is 11.6 Å². The van der Waals surface area contributed by atoms with Crippen LogP contribution >= 0.6 is 11.6 Å². The lowest BCUT2D eigenvalue weighted by molar-refractivity contribution is 0.164. The highest BCUT2D eigenvalue weighted by atomic mass is 35.5. The molecule has 4 heteroatoms. The normalized spacial score (nSPS) is 14.4. The van der Waals surface area contributed by atoms with E-state index in [9.17, 15) is 9.50 Å². The molecule has 0 aliphatic rings. The van der Waals surface area contributed by atoms with Crippen LogP contribution in [0.5, 0.6) is 0 Å². The monoisotopic (exact) mass is 349 g/mol. The molecule has 130 valence electrons. The molecule has 2 rings (SSSR count). The first kappa shape index (κ1) is 18.9. The quantitative estimate of drug-likeness (QED) is 0.743. The van der Waals surface area contributed by atoms with E-state index in [0.717, 1.165) is 17.5 Å². The largest absolute Gasteiger partial charge is 0.387 e. The van der Waals surface area contributed by atoms with Crippen molar-refractivity contribution in [2.75, 3.05) is 6.54 Å². The van der Waals surface area contributed by atoms with Crippen LogP contribution < -0.4 is 5.32 Å². The summed E-state index contributed by atoms with van der Waals surface area (Å²) in [4.78, 5) is 0. The summed E-state index contributed by atoms with van der Waals surface area (Å²) in [7, 11) is 0. The Morgan fingerprint density at radius 1 is 1.08 bits per heavy atom. The highest BCUT2D eigenvalue weighted by Gasteiger charge is 2.21. The van der Waals surface area contributed by atoms with E-state index < -0.39 is 6.10 Å². The Hall–Kier alpha value is -1.42. The third kappa shape index (κ3) is 5.90. The lowest BCUT2D eigenvalue weighted by Crippen LogP contribution is -2.29. The Kier molecular flexibility index (Phi) is 6.39. The maximum absolute atomic E-state index is 13.2. The van der Waals surface area contributed by atoms with Crippen LogP contribution in [0.15, 0.2) is 48.5 Å². The van der Waals surface area contributed by atoms with Gasteiger partial charge in [-0.2, -0.15) is 0 Å². The summed E-state index contributed by atoms with van der Waals surface area (Å²) < 4.78 is 13.2. The van der Waals surface area contributed by atoms with Gasteiger partial charge in [0.2, 0.25) is 0 Å². The number of halogens is 2. The minimum Gasteiger partial charge on any atom is -0.387 e. The van der Waals surface area contributed by atoms with Crippen LogP contribution in [0.3, 0.4) is 0 Å². The first-order valence-electron chi connectivity index (χ1n) is 8.17. The molecule has 0 aliphatic carbocycles. The van der Waals surface area contributed by atoms with Crippen molar-refractivity contribution in [1.29, 1.82) is 0 Å². The average molecular weight is 350 g/mol. The fourth-order valence-corrected chi connectivity index (χ4v) is 2.90. The Morgan fingerprint density at radius 2 is 1.75 bits per heavy atom. The zero-order valence-corrected chi connectivity index (χ0v) is 15.1. The molecule has 0 spiro atoms. The number of aliphatic hydroxyl groups excluding tert-OH is 1. The van der Waals surface area contributed by atoms with E-state index in [1.54, 1.807) is 24.3 Å². The SMILES string of the molecule is CC(C)(C)CC(NCC(O)c1cccc(Cl)c1)c1ccc(F)cc1. The predicted molar refractivity (Wildman–Crippen MR) is 97.6 cm³/mol. The summed E-state index contributed by atoms with van der Waals surface area (Å²) in [5.74, 6) is -0.243. The minimum atomic E-state index is -0.647. The van der Waals surface area contributed by atoms with Gasteiger partial charge in [-0.3, -0.25) is 0 Å². The van der Waals surface area contributed by atoms with Crippen molar-refractivity contribution < 1.29 is 9.50 Å². The lowest BCUT2D eigenvalue weighted by Gasteiger charge is -2.28. The molecule has 0 saturated heterocycles. The fraction of sp³-hybridized carbons (Fsp3) is 0.400. The predicted octanol–water partition coefficient (Wildman–Crippen LogP) is 5.28. The molecule has 0 amide bonds. The van der Waals surface area contributed by atoms with Gasteiger partial charge in [-0.25, -0.2) is 4.39 Å². The van der Waals surface area contributed by atoms with Gasteiger partial charge in [0, 0.05) is 17.6 Å². The molecular formula is C20H25ClFNO. The van der Waals surface area contributed by atoms with E-state index in [4.69, 9.17) is 11.6 Å². The summed E-state index contributed by atoms with van der Waals surface area (Å²) >= 11 is 5.98. The average Bonchev–Trinajstić information content (AvgIpc) is 2.51. The Bertz CT molecular complexity index is 651. The third-order valence-corrected chi connectivity index (χ3v) is 4.12. The number of hydrogen-bond donors (Lipinski definition) is 2. The smallest absolute Gasteiger partial charge is 0.123 e. The second-order valence-corrected chi connectivity index (χ2v) is 7.78. The molecule has 0 radical (unpaired) electrons. The van der Waals surface area contributed by atoms with Gasteiger partial charge in [-0.1, -0.05) is 56.6 Å². The third-order valence-electron chi connectivity index (χ3n) is 3.88. The molecule has 0 heterocycles. The Labute approximate surface area is 148 Å². The number of hydrogen-bond acceptors (Lipinski definition) is 2. The molecule has 0 aliphatic heterocycles. The van der Waals surface area contributed by atoms with Crippen molar-refractivity contribution in [2.45, 2.75) is 39.3 Å². The maximum atomic E-state index is 13.2. The maximum Gasteiger partial charge on any atom is 0.123 e. The molecule has 0 fully saturated rings. The molecule has 0 bridgehead atoms. The van der Waals surface area contributed by atoms with Gasteiger partial charge in [0.05, 0.1) is 6.10 Å². The summed E-state index contributed by atoms with van der Waals surface area (Å²) in [6.07, 6.45) is 0.229. The fourth-order valence-electron chi connectivity index (χ4n) is 2.70. The highest BCUT2D eigenvalue weighted by Crippen LogP contribution is 2.30. The zero-order chi connectivity index (χ0) is 17.7. The van der Waals surface area contributed by atoms with Crippen molar-refractivity contribution in [3.63, 3.8) is 0 Å². The van der Waals surface area contributed by atoms with Crippen molar-refractivity contribution in [3.8, 4) is 0 Å². The topological polar surface area (TPSA) is 32.3 Å². The zero-order valence-electron chi connectivity index (χ0n) is 14.4. The standard InChI is InChI=1S/C20H25ClFNO/c1-20(2,3)12-18(14-7-9-17(22)10-8-14)23-13-19(24)15-5-4-6-16(21)11-15/h4-11,18-19,23-24H,12-13H2,1-3H3. The van der Waals surface area contributed by atoms with Gasteiger partial charge in [-0.05, 0) is 47.2 Å². The van der Waals surface area contributed by atoms with Crippen LogP contribution in [-0.2, 0) is 0 Å².